The van der Waals surface area contributed by atoms with E-state index in [1.54, 1.807) is 38.2 Å². The number of benzene rings is 3. The Morgan fingerprint density at radius 2 is 1.37 bits per heavy atom. The first-order valence-corrected chi connectivity index (χ1v) is 11.8. The van der Waals surface area contributed by atoms with E-state index in [0.717, 1.165) is 12.8 Å². The summed E-state index contributed by atoms with van der Waals surface area (Å²) in [5.41, 5.74) is 1.35. The molecule has 0 unspecified atom stereocenters. The van der Waals surface area contributed by atoms with Gasteiger partial charge >= 0.3 is 0 Å². The lowest BCUT2D eigenvalue weighted by Crippen LogP contribution is -2.27. The third-order valence-electron chi connectivity index (χ3n) is 6.36. The minimum atomic E-state index is -1.02. The molecular formula is C28H27BF4O2. The molecule has 0 atom stereocenters. The Bertz CT molecular complexity index is 1200. The van der Waals surface area contributed by atoms with Crippen LogP contribution in [-0.4, -0.2) is 21.1 Å². The molecule has 0 aromatic heterocycles. The quantitative estimate of drug-likeness (QED) is 0.211. The van der Waals surface area contributed by atoms with Crippen LogP contribution in [0.5, 0.6) is 0 Å². The lowest BCUT2D eigenvalue weighted by molar-refractivity contribution is -0.207. The summed E-state index contributed by atoms with van der Waals surface area (Å²) in [5, 5.41) is 0. The van der Waals surface area contributed by atoms with Crippen LogP contribution in [0, 0.1) is 29.2 Å². The molecule has 182 valence electrons. The van der Waals surface area contributed by atoms with E-state index in [4.69, 9.17) is 9.47 Å². The topological polar surface area (TPSA) is 18.5 Å². The number of ether oxygens (including phenoxy) is 2. The van der Waals surface area contributed by atoms with Crippen LogP contribution >= 0.6 is 0 Å². The molecule has 0 bridgehead atoms. The second-order valence-electron chi connectivity index (χ2n) is 8.67. The lowest BCUT2D eigenvalue weighted by Gasteiger charge is -2.29. The molecule has 0 radical (unpaired) electrons. The van der Waals surface area contributed by atoms with Crippen molar-refractivity contribution in [1.82, 2.24) is 0 Å². The van der Waals surface area contributed by atoms with Gasteiger partial charge in [0.1, 0.15) is 7.85 Å². The Balaban J connectivity index is 1.51. The Morgan fingerprint density at radius 3 is 1.94 bits per heavy atom. The first kappa shape index (κ1) is 25.2. The number of rotatable bonds is 7. The third kappa shape index (κ3) is 5.36. The molecule has 1 aliphatic rings. The van der Waals surface area contributed by atoms with Crippen molar-refractivity contribution in [2.24, 2.45) is 5.92 Å². The van der Waals surface area contributed by atoms with Gasteiger partial charge in [0.05, 0.1) is 13.2 Å². The summed E-state index contributed by atoms with van der Waals surface area (Å²) >= 11 is 0. The normalized spacial score (nSPS) is 18.3. The average Bonchev–Trinajstić information content (AvgIpc) is 2.88. The molecule has 2 nitrogen and oxygen atoms in total. The molecule has 0 N–H and O–H groups in total. The highest BCUT2D eigenvalue weighted by Gasteiger charge is 2.28. The number of hydrogen-bond acceptors (Lipinski definition) is 2. The second kappa shape index (κ2) is 11.2. The van der Waals surface area contributed by atoms with Crippen LogP contribution in [-0.2, 0) is 15.8 Å². The van der Waals surface area contributed by atoms with Gasteiger partial charge in [-0.15, -0.1) is 0 Å². The predicted octanol–water partition coefficient (Wildman–Crippen LogP) is 6.73. The zero-order valence-corrected chi connectivity index (χ0v) is 19.8. The predicted molar refractivity (Wildman–Crippen MR) is 132 cm³/mol. The molecule has 1 heterocycles. The van der Waals surface area contributed by atoms with Gasteiger partial charge in [-0.2, -0.15) is 0 Å². The molecule has 4 rings (SSSR count). The Labute approximate surface area is 204 Å². The Morgan fingerprint density at radius 1 is 0.800 bits per heavy atom. The van der Waals surface area contributed by atoms with E-state index >= 15 is 4.39 Å². The maximum Gasteiger partial charge on any atom is 0.186 e. The highest BCUT2D eigenvalue weighted by Crippen LogP contribution is 2.34. The molecule has 1 aliphatic heterocycles. The zero-order chi connectivity index (χ0) is 24.9. The molecule has 3 aromatic rings. The summed E-state index contributed by atoms with van der Waals surface area (Å²) < 4.78 is 70.0. The third-order valence-corrected chi connectivity index (χ3v) is 6.36. The molecule has 35 heavy (non-hydrogen) atoms. The van der Waals surface area contributed by atoms with E-state index < -0.39 is 29.6 Å². The second-order valence-corrected chi connectivity index (χ2v) is 8.67. The van der Waals surface area contributed by atoms with Crippen molar-refractivity contribution >= 4 is 7.85 Å². The maximum absolute atomic E-state index is 15.0. The Kier molecular flexibility index (Phi) is 8.09. The van der Waals surface area contributed by atoms with Crippen LogP contribution in [0.25, 0.3) is 22.3 Å². The fourth-order valence-corrected chi connectivity index (χ4v) is 4.27. The monoisotopic (exact) mass is 482 g/mol. The van der Waals surface area contributed by atoms with Gasteiger partial charge in [0.2, 0.25) is 0 Å². The molecular weight excluding hydrogens is 455 g/mol. The van der Waals surface area contributed by atoms with E-state index in [0.29, 0.717) is 36.2 Å². The van der Waals surface area contributed by atoms with Crippen LogP contribution in [0.2, 0.25) is 0 Å². The van der Waals surface area contributed by atoms with Crippen molar-refractivity contribution in [3.63, 3.8) is 0 Å². The van der Waals surface area contributed by atoms with Crippen LogP contribution < -0.4 is 0 Å². The smallest absolute Gasteiger partial charge is 0.186 e. The maximum atomic E-state index is 15.0. The first-order chi connectivity index (χ1) is 16.9. The van der Waals surface area contributed by atoms with Crippen molar-refractivity contribution in [3.05, 3.63) is 95.1 Å². The largest absolute Gasteiger partial charge is 0.348 e. The molecule has 1 saturated heterocycles. The van der Waals surface area contributed by atoms with Gasteiger partial charge in [-0.1, -0.05) is 67.0 Å². The van der Waals surface area contributed by atoms with E-state index in [1.807, 2.05) is 13.0 Å². The lowest BCUT2D eigenvalue weighted by atomic mass is 9.93. The average molecular weight is 482 g/mol. The summed E-state index contributed by atoms with van der Waals surface area (Å²) in [5.74, 6) is -3.61. The minimum absolute atomic E-state index is 0.0170. The summed E-state index contributed by atoms with van der Waals surface area (Å²) in [6.45, 7) is 2.80. The highest BCUT2D eigenvalue weighted by atomic mass is 19.2. The summed E-state index contributed by atoms with van der Waals surface area (Å²) in [7, 11) is 1.75. The standard InChI is InChI=1S/C28H27BF4O2/c1-2-3-4-5-17-15-34-28(35-16-17)23-13-12-22(26(32)27(23)33)19-8-6-18(7-9-19)21-11-10-20(14-29)24(30)25(21)31/h2-3,6-13,17,28H,4-5,14-16,29H2,1H3/b3-2+. The first-order valence-electron chi connectivity index (χ1n) is 11.8. The number of allylic oxidation sites excluding steroid dienone is 2. The summed E-state index contributed by atoms with van der Waals surface area (Å²) in [6.07, 6.45) is 5.31. The van der Waals surface area contributed by atoms with Crippen molar-refractivity contribution in [3.8, 4) is 22.3 Å². The number of hydrogen-bond donors (Lipinski definition) is 0. The van der Waals surface area contributed by atoms with Crippen molar-refractivity contribution < 1.29 is 27.0 Å². The van der Waals surface area contributed by atoms with Crippen LogP contribution in [0.1, 0.15) is 37.2 Å². The van der Waals surface area contributed by atoms with E-state index in [1.165, 1.54) is 18.2 Å². The number of halogens is 4. The van der Waals surface area contributed by atoms with Crippen LogP contribution in [0.3, 0.4) is 0 Å². The van der Waals surface area contributed by atoms with Gasteiger partial charge in [0.15, 0.2) is 29.6 Å². The van der Waals surface area contributed by atoms with E-state index in [-0.39, 0.29) is 22.6 Å². The molecule has 3 aromatic carbocycles. The van der Waals surface area contributed by atoms with E-state index in [9.17, 15) is 13.2 Å². The van der Waals surface area contributed by atoms with Gasteiger partial charge in [-0.3, -0.25) is 0 Å². The van der Waals surface area contributed by atoms with Crippen molar-refractivity contribution in [1.29, 1.82) is 0 Å². The Hall–Kier alpha value is -2.90. The van der Waals surface area contributed by atoms with Crippen LogP contribution in [0.4, 0.5) is 17.6 Å². The minimum Gasteiger partial charge on any atom is -0.348 e. The molecule has 7 heteroatoms. The zero-order valence-electron chi connectivity index (χ0n) is 19.8. The fourth-order valence-electron chi connectivity index (χ4n) is 4.27. The van der Waals surface area contributed by atoms with Gasteiger partial charge in [0.25, 0.3) is 0 Å². The molecule has 0 aliphatic carbocycles. The van der Waals surface area contributed by atoms with Gasteiger partial charge in [-0.05, 0) is 36.5 Å². The fraction of sp³-hybridized carbons (Fsp3) is 0.286. The molecule has 0 amide bonds. The van der Waals surface area contributed by atoms with Crippen LogP contribution in [0.15, 0.2) is 60.7 Å². The SMILES string of the molecule is BCc1ccc(-c2ccc(-c3ccc(C4OCC(CC/C=C/C)CO4)c(F)c3F)cc2)c(F)c1F. The summed E-state index contributed by atoms with van der Waals surface area (Å²) in [4.78, 5) is 0. The summed E-state index contributed by atoms with van der Waals surface area (Å²) in [6, 6.07) is 12.2. The van der Waals surface area contributed by atoms with Gasteiger partial charge in [0, 0.05) is 22.6 Å². The molecule has 0 spiro atoms. The van der Waals surface area contributed by atoms with Gasteiger partial charge in [-0.25, -0.2) is 17.6 Å². The van der Waals surface area contributed by atoms with E-state index in [2.05, 4.69) is 6.08 Å². The van der Waals surface area contributed by atoms with Crippen molar-refractivity contribution in [2.75, 3.05) is 13.2 Å². The molecule has 0 saturated carbocycles. The van der Waals surface area contributed by atoms with Crippen molar-refractivity contribution in [2.45, 2.75) is 32.4 Å². The highest BCUT2D eigenvalue weighted by molar-refractivity contribution is 6.08. The molecule has 1 fully saturated rings. The van der Waals surface area contributed by atoms with Gasteiger partial charge < -0.3 is 9.47 Å².